The third-order valence-electron chi connectivity index (χ3n) is 3.76. The molecule has 102 valence electrons. The number of nitriles is 1. The number of nitrogens with one attached hydrogen (secondary N) is 1. The van der Waals surface area contributed by atoms with Gasteiger partial charge in [-0.05, 0) is 31.7 Å². The summed E-state index contributed by atoms with van der Waals surface area (Å²) in [7, 11) is 1.92. The van der Waals surface area contributed by atoms with Crippen LogP contribution in [0.1, 0.15) is 25.0 Å². The van der Waals surface area contributed by atoms with E-state index in [4.69, 9.17) is 0 Å². The number of hydrogen-bond donors (Lipinski definition) is 1. The minimum absolute atomic E-state index is 0.473. The zero-order chi connectivity index (χ0) is 13.8. The summed E-state index contributed by atoms with van der Waals surface area (Å²) in [5.74, 6) is 1.13. The molecule has 0 aliphatic carbocycles. The summed E-state index contributed by atoms with van der Waals surface area (Å²) < 4.78 is 0. The van der Waals surface area contributed by atoms with Gasteiger partial charge in [0.1, 0.15) is 6.07 Å². The molecule has 2 rings (SSSR count). The largest absolute Gasteiger partial charge is 0.366 e. The van der Waals surface area contributed by atoms with Crippen molar-refractivity contribution in [2.45, 2.75) is 31.7 Å². The number of anilines is 1. The van der Waals surface area contributed by atoms with E-state index in [9.17, 15) is 5.26 Å². The third kappa shape index (κ3) is 3.05. The van der Waals surface area contributed by atoms with Gasteiger partial charge in [0.05, 0.1) is 11.3 Å². The summed E-state index contributed by atoms with van der Waals surface area (Å²) in [6.07, 6.45) is 0. The Bertz CT molecular complexity index is 481. The van der Waals surface area contributed by atoms with Crippen LogP contribution in [0.3, 0.4) is 0 Å². The molecule has 1 aromatic carbocycles. The quantitative estimate of drug-likeness (QED) is 0.920. The Morgan fingerprint density at radius 1 is 1.47 bits per heavy atom. The van der Waals surface area contributed by atoms with Crippen LogP contribution in [0.2, 0.25) is 0 Å². The summed E-state index contributed by atoms with van der Waals surface area (Å²) in [4.78, 5) is 2.38. The van der Waals surface area contributed by atoms with Crippen LogP contribution in [-0.2, 0) is 6.54 Å². The number of thioether (sulfide) groups is 1. The van der Waals surface area contributed by atoms with Crippen molar-refractivity contribution in [3.05, 3.63) is 29.3 Å². The maximum Gasteiger partial charge on any atom is 0.101 e. The lowest BCUT2D eigenvalue weighted by Gasteiger charge is -2.39. The monoisotopic (exact) mass is 275 g/mol. The molecule has 0 bridgehead atoms. The van der Waals surface area contributed by atoms with Crippen molar-refractivity contribution >= 4 is 17.4 Å². The molecule has 0 aromatic heterocycles. The van der Waals surface area contributed by atoms with E-state index >= 15 is 0 Å². The van der Waals surface area contributed by atoms with Gasteiger partial charge in [-0.15, -0.1) is 0 Å². The molecule has 19 heavy (non-hydrogen) atoms. The molecule has 0 spiro atoms. The fourth-order valence-electron chi connectivity index (χ4n) is 2.51. The predicted molar refractivity (Wildman–Crippen MR) is 82.6 cm³/mol. The molecule has 1 heterocycles. The van der Waals surface area contributed by atoms with Crippen molar-refractivity contribution in [1.29, 1.82) is 5.26 Å². The Balaban J connectivity index is 2.31. The second-order valence-corrected chi connectivity index (χ2v) is 6.49. The van der Waals surface area contributed by atoms with E-state index in [0.29, 0.717) is 11.3 Å². The summed E-state index contributed by atoms with van der Waals surface area (Å²) in [5.41, 5.74) is 3.04. The highest BCUT2D eigenvalue weighted by Gasteiger charge is 2.26. The lowest BCUT2D eigenvalue weighted by molar-refractivity contribution is 0.626. The minimum atomic E-state index is 0.473. The highest BCUT2D eigenvalue weighted by atomic mass is 32.2. The Kier molecular flexibility index (Phi) is 4.73. The van der Waals surface area contributed by atoms with Crippen LogP contribution in [0.5, 0.6) is 0 Å². The number of hydrogen-bond acceptors (Lipinski definition) is 4. The van der Waals surface area contributed by atoms with Gasteiger partial charge < -0.3 is 10.2 Å². The molecule has 4 heteroatoms. The Hall–Kier alpha value is -1.18. The van der Waals surface area contributed by atoms with E-state index in [0.717, 1.165) is 35.7 Å². The van der Waals surface area contributed by atoms with Gasteiger partial charge >= 0.3 is 0 Å². The first-order chi connectivity index (χ1) is 9.17. The van der Waals surface area contributed by atoms with E-state index in [1.165, 1.54) is 0 Å². The maximum absolute atomic E-state index is 9.39. The molecule has 1 saturated heterocycles. The van der Waals surface area contributed by atoms with E-state index in [1.807, 2.05) is 24.9 Å². The molecular weight excluding hydrogens is 254 g/mol. The van der Waals surface area contributed by atoms with Gasteiger partial charge in [0.25, 0.3) is 0 Å². The molecule has 0 radical (unpaired) electrons. The molecule has 1 aromatic rings. The highest BCUT2D eigenvalue weighted by molar-refractivity contribution is 8.00. The molecule has 2 atom stereocenters. The van der Waals surface area contributed by atoms with Crippen LogP contribution in [0.4, 0.5) is 5.69 Å². The van der Waals surface area contributed by atoms with Crippen molar-refractivity contribution in [3.63, 3.8) is 0 Å². The summed E-state index contributed by atoms with van der Waals surface area (Å²) in [6, 6.07) is 9.05. The van der Waals surface area contributed by atoms with E-state index in [-0.39, 0.29) is 0 Å². The van der Waals surface area contributed by atoms with Crippen molar-refractivity contribution < 1.29 is 0 Å². The Labute approximate surface area is 120 Å². The van der Waals surface area contributed by atoms with Crippen LogP contribution < -0.4 is 10.2 Å². The molecular formula is C15H21N3S. The Morgan fingerprint density at radius 2 is 2.26 bits per heavy atom. The van der Waals surface area contributed by atoms with Gasteiger partial charge in [-0.1, -0.05) is 13.0 Å². The van der Waals surface area contributed by atoms with Crippen LogP contribution in [0, 0.1) is 11.3 Å². The number of benzene rings is 1. The van der Waals surface area contributed by atoms with Crippen LogP contribution in [-0.4, -0.2) is 30.6 Å². The first-order valence-electron chi connectivity index (χ1n) is 6.73. The second kappa shape index (κ2) is 6.31. The predicted octanol–water partition coefficient (Wildman–Crippen LogP) is 2.61. The Morgan fingerprint density at radius 3 is 2.95 bits per heavy atom. The lowest BCUT2D eigenvalue weighted by Crippen LogP contribution is -2.45. The summed E-state index contributed by atoms with van der Waals surface area (Å²) in [6.45, 7) is 6.34. The highest BCUT2D eigenvalue weighted by Crippen LogP contribution is 2.31. The fourth-order valence-corrected chi connectivity index (χ4v) is 3.61. The van der Waals surface area contributed by atoms with Crippen molar-refractivity contribution in [2.75, 3.05) is 24.2 Å². The fraction of sp³-hybridized carbons (Fsp3) is 0.533. The maximum atomic E-state index is 9.39. The van der Waals surface area contributed by atoms with Gasteiger partial charge in [-0.25, -0.2) is 0 Å². The van der Waals surface area contributed by atoms with Crippen LogP contribution in [0.25, 0.3) is 0 Å². The van der Waals surface area contributed by atoms with Crippen molar-refractivity contribution in [3.8, 4) is 6.07 Å². The number of rotatable bonds is 3. The van der Waals surface area contributed by atoms with E-state index in [1.54, 1.807) is 0 Å². The van der Waals surface area contributed by atoms with Crippen LogP contribution in [0.15, 0.2) is 18.2 Å². The molecule has 3 nitrogen and oxygen atoms in total. The van der Waals surface area contributed by atoms with Gasteiger partial charge in [-0.2, -0.15) is 17.0 Å². The second-order valence-electron chi connectivity index (χ2n) is 5.00. The summed E-state index contributed by atoms with van der Waals surface area (Å²) >= 11 is 2.01. The van der Waals surface area contributed by atoms with Crippen LogP contribution >= 0.6 is 11.8 Å². The number of nitrogens with zero attached hydrogens (tertiary/aromatic N) is 2. The standard InChI is InChI=1S/C15H21N3S/c1-11-12(2)19-7-6-18(11)15-5-4-13(10-17-3)8-14(15)9-16/h4-5,8,11-12,17H,6-7,10H2,1-3H3. The molecule has 0 amide bonds. The zero-order valence-electron chi connectivity index (χ0n) is 11.8. The van der Waals surface area contributed by atoms with Crippen molar-refractivity contribution in [2.24, 2.45) is 0 Å². The topological polar surface area (TPSA) is 39.1 Å². The minimum Gasteiger partial charge on any atom is -0.366 e. The molecule has 2 unspecified atom stereocenters. The van der Waals surface area contributed by atoms with Gasteiger partial charge in [-0.3, -0.25) is 0 Å². The molecule has 1 aliphatic heterocycles. The molecule has 0 saturated carbocycles. The zero-order valence-corrected chi connectivity index (χ0v) is 12.6. The van der Waals surface area contributed by atoms with E-state index < -0.39 is 0 Å². The average Bonchev–Trinajstić information content (AvgIpc) is 2.42. The third-order valence-corrected chi connectivity index (χ3v) is 5.09. The normalized spacial score (nSPS) is 23.2. The summed E-state index contributed by atoms with van der Waals surface area (Å²) in [5, 5.41) is 13.1. The van der Waals surface area contributed by atoms with Gasteiger partial charge in [0, 0.05) is 30.1 Å². The smallest absolute Gasteiger partial charge is 0.101 e. The molecule has 1 aliphatic rings. The average molecular weight is 275 g/mol. The first-order valence-corrected chi connectivity index (χ1v) is 7.78. The first kappa shape index (κ1) is 14.2. The van der Waals surface area contributed by atoms with E-state index in [2.05, 4.69) is 42.3 Å². The van der Waals surface area contributed by atoms with Gasteiger partial charge in [0.2, 0.25) is 0 Å². The SMILES string of the molecule is CNCc1ccc(N2CCSC(C)C2C)c(C#N)c1. The van der Waals surface area contributed by atoms with Crippen molar-refractivity contribution in [1.82, 2.24) is 5.32 Å². The molecule has 1 N–H and O–H groups in total. The lowest BCUT2D eigenvalue weighted by atomic mass is 10.1. The molecule has 1 fully saturated rings. The van der Waals surface area contributed by atoms with Gasteiger partial charge in [0.15, 0.2) is 0 Å².